The Kier molecular flexibility index (Phi) is 3.87. The van der Waals surface area contributed by atoms with Gasteiger partial charge in [0.25, 0.3) is 5.91 Å². The molecule has 98 valence electrons. The van der Waals surface area contributed by atoms with Crippen molar-refractivity contribution in [3.8, 4) is 0 Å². The molecule has 1 aromatic carbocycles. The predicted molar refractivity (Wildman–Crippen MR) is 65.8 cm³/mol. The number of hydrogen-bond acceptors (Lipinski definition) is 4. The first-order valence-corrected chi connectivity index (χ1v) is 5.62. The number of carbonyl (C=O) groups excluding carboxylic acids is 1. The molecule has 2 aromatic rings. The van der Waals surface area contributed by atoms with Crippen LogP contribution in [0, 0.1) is 0 Å². The van der Waals surface area contributed by atoms with Gasteiger partial charge in [-0.2, -0.15) is 0 Å². The summed E-state index contributed by atoms with van der Waals surface area (Å²) in [6.07, 6.45) is 3.25. The summed E-state index contributed by atoms with van der Waals surface area (Å²) in [6.45, 7) is 0.893. The standard InChI is InChI=1S/C12H12N4O3/c17-11(13-4-6-16-7-5-14-15-16)9-2-1-3-10(8-9)12(18)19/h1-3,5,7-8H,4,6H2,(H,13,17)(H,18,19). The molecule has 0 saturated carbocycles. The van der Waals surface area contributed by atoms with Crippen molar-refractivity contribution in [1.29, 1.82) is 0 Å². The van der Waals surface area contributed by atoms with Gasteiger partial charge in [-0.1, -0.05) is 11.3 Å². The van der Waals surface area contributed by atoms with Gasteiger partial charge in [-0.25, -0.2) is 4.79 Å². The first-order valence-electron chi connectivity index (χ1n) is 5.62. The highest BCUT2D eigenvalue weighted by Crippen LogP contribution is 2.05. The third-order valence-electron chi connectivity index (χ3n) is 2.47. The molecule has 0 fully saturated rings. The van der Waals surface area contributed by atoms with Crippen molar-refractivity contribution in [3.63, 3.8) is 0 Å². The van der Waals surface area contributed by atoms with Crippen LogP contribution in [0.15, 0.2) is 36.7 Å². The SMILES string of the molecule is O=C(O)c1cccc(C(=O)NCCn2ccnn2)c1. The maximum Gasteiger partial charge on any atom is 0.335 e. The number of hydrogen-bond donors (Lipinski definition) is 2. The van der Waals surface area contributed by atoms with Gasteiger partial charge in [0, 0.05) is 18.3 Å². The molecular formula is C12H12N4O3. The lowest BCUT2D eigenvalue weighted by atomic mass is 10.1. The summed E-state index contributed by atoms with van der Waals surface area (Å²) in [4.78, 5) is 22.6. The van der Waals surface area contributed by atoms with Crippen LogP contribution in [-0.4, -0.2) is 38.5 Å². The molecule has 7 nitrogen and oxygen atoms in total. The van der Waals surface area contributed by atoms with Crippen molar-refractivity contribution < 1.29 is 14.7 Å². The van der Waals surface area contributed by atoms with Crippen LogP contribution in [0.5, 0.6) is 0 Å². The molecule has 1 aromatic heterocycles. The van der Waals surface area contributed by atoms with E-state index in [0.29, 0.717) is 18.7 Å². The number of aromatic nitrogens is 3. The molecule has 0 radical (unpaired) electrons. The normalized spacial score (nSPS) is 10.1. The van der Waals surface area contributed by atoms with E-state index in [2.05, 4.69) is 15.6 Å². The molecule has 0 saturated heterocycles. The molecule has 0 aliphatic rings. The van der Waals surface area contributed by atoms with Crippen LogP contribution in [0.3, 0.4) is 0 Å². The highest BCUT2D eigenvalue weighted by Gasteiger charge is 2.08. The van der Waals surface area contributed by atoms with Gasteiger partial charge in [0.1, 0.15) is 0 Å². The minimum atomic E-state index is -1.06. The molecule has 0 bridgehead atoms. The van der Waals surface area contributed by atoms with Crippen LogP contribution in [-0.2, 0) is 6.54 Å². The monoisotopic (exact) mass is 260 g/mol. The Morgan fingerprint density at radius 1 is 1.32 bits per heavy atom. The second-order valence-electron chi connectivity index (χ2n) is 3.81. The summed E-state index contributed by atoms with van der Waals surface area (Å²) in [7, 11) is 0. The van der Waals surface area contributed by atoms with Gasteiger partial charge in [-0.05, 0) is 18.2 Å². The molecule has 7 heteroatoms. The number of carbonyl (C=O) groups is 2. The van der Waals surface area contributed by atoms with Crippen molar-refractivity contribution in [2.75, 3.05) is 6.54 Å². The molecule has 0 aliphatic heterocycles. The highest BCUT2D eigenvalue weighted by atomic mass is 16.4. The highest BCUT2D eigenvalue weighted by molar-refractivity contribution is 5.97. The fourth-order valence-electron chi connectivity index (χ4n) is 1.53. The number of nitrogens with one attached hydrogen (secondary N) is 1. The van der Waals surface area contributed by atoms with Gasteiger partial charge in [0.2, 0.25) is 0 Å². The van der Waals surface area contributed by atoms with E-state index in [1.807, 2.05) is 0 Å². The van der Waals surface area contributed by atoms with Crippen LogP contribution < -0.4 is 5.32 Å². The molecule has 0 spiro atoms. The molecule has 0 unspecified atom stereocenters. The van der Waals surface area contributed by atoms with Gasteiger partial charge >= 0.3 is 5.97 Å². The predicted octanol–water partition coefficient (Wildman–Crippen LogP) is 0.406. The summed E-state index contributed by atoms with van der Waals surface area (Å²) in [5, 5.41) is 18.9. The zero-order chi connectivity index (χ0) is 13.7. The van der Waals surface area contributed by atoms with Crippen molar-refractivity contribution in [1.82, 2.24) is 20.3 Å². The van der Waals surface area contributed by atoms with Gasteiger partial charge in [-0.3, -0.25) is 9.48 Å². The van der Waals surface area contributed by atoms with Crippen molar-refractivity contribution in [2.24, 2.45) is 0 Å². The van der Waals surface area contributed by atoms with Gasteiger partial charge in [0.15, 0.2) is 0 Å². The zero-order valence-electron chi connectivity index (χ0n) is 9.98. The van der Waals surface area contributed by atoms with E-state index in [-0.39, 0.29) is 11.5 Å². The van der Waals surface area contributed by atoms with E-state index < -0.39 is 5.97 Å². The van der Waals surface area contributed by atoms with E-state index in [9.17, 15) is 9.59 Å². The fourth-order valence-corrected chi connectivity index (χ4v) is 1.53. The number of carboxylic acid groups (broad SMARTS) is 1. The third kappa shape index (κ3) is 3.38. The lowest BCUT2D eigenvalue weighted by Gasteiger charge is -2.05. The molecule has 1 heterocycles. The maximum absolute atomic E-state index is 11.8. The minimum absolute atomic E-state index is 0.0870. The van der Waals surface area contributed by atoms with Gasteiger partial charge in [0.05, 0.1) is 18.3 Å². The third-order valence-corrected chi connectivity index (χ3v) is 2.47. The molecule has 1 amide bonds. The molecular weight excluding hydrogens is 248 g/mol. The Morgan fingerprint density at radius 3 is 2.79 bits per heavy atom. The Hall–Kier alpha value is -2.70. The second-order valence-corrected chi connectivity index (χ2v) is 3.81. The summed E-state index contributed by atoms with van der Waals surface area (Å²) in [5.41, 5.74) is 0.405. The number of rotatable bonds is 5. The molecule has 2 N–H and O–H groups in total. The van der Waals surface area contributed by atoms with Crippen LogP contribution in [0.25, 0.3) is 0 Å². The average Bonchev–Trinajstić information content (AvgIpc) is 2.92. The molecule has 0 atom stereocenters. The van der Waals surface area contributed by atoms with Crippen LogP contribution in [0.2, 0.25) is 0 Å². The van der Waals surface area contributed by atoms with Crippen LogP contribution in [0.1, 0.15) is 20.7 Å². The minimum Gasteiger partial charge on any atom is -0.478 e. The van der Waals surface area contributed by atoms with E-state index in [4.69, 9.17) is 5.11 Å². The second kappa shape index (κ2) is 5.76. The molecule has 0 aliphatic carbocycles. The van der Waals surface area contributed by atoms with Gasteiger partial charge < -0.3 is 10.4 Å². The van der Waals surface area contributed by atoms with E-state index in [1.165, 1.54) is 18.2 Å². The number of carboxylic acids is 1. The first kappa shape index (κ1) is 12.7. The zero-order valence-corrected chi connectivity index (χ0v) is 9.98. The Balaban J connectivity index is 1.92. The number of nitrogens with zero attached hydrogens (tertiary/aromatic N) is 3. The summed E-state index contributed by atoms with van der Waals surface area (Å²) in [6, 6.07) is 5.88. The summed E-state index contributed by atoms with van der Waals surface area (Å²) < 4.78 is 1.59. The maximum atomic E-state index is 11.8. The van der Waals surface area contributed by atoms with Crippen molar-refractivity contribution in [2.45, 2.75) is 6.54 Å². The largest absolute Gasteiger partial charge is 0.478 e. The Morgan fingerprint density at radius 2 is 2.11 bits per heavy atom. The van der Waals surface area contributed by atoms with Crippen LogP contribution >= 0.6 is 0 Å². The summed E-state index contributed by atoms with van der Waals surface area (Å²) in [5.74, 6) is -1.37. The number of aromatic carboxylic acids is 1. The smallest absolute Gasteiger partial charge is 0.335 e. The lowest BCUT2D eigenvalue weighted by molar-refractivity contribution is 0.0697. The van der Waals surface area contributed by atoms with Crippen molar-refractivity contribution in [3.05, 3.63) is 47.8 Å². The van der Waals surface area contributed by atoms with Gasteiger partial charge in [-0.15, -0.1) is 5.10 Å². The van der Waals surface area contributed by atoms with E-state index >= 15 is 0 Å². The number of amides is 1. The molecule has 2 rings (SSSR count). The fraction of sp³-hybridized carbons (Fsp3) is 0.167. The lowest BCUT2D eigenvalue weighted by Crippen LogP contribution is -2.27. The summed E-state index contributed by atoms with van der Waals surface area (Å²) >= 11 is 0. The van der Waals surface area contributed by atoms with Crippen molar-refractivity contribution >= 4 is 11.9 Å². The first-order chi connectivity index (χ1) is 9.16. The average molecular weight is 260 g/mol. The Bertz CT molecular complexity index is 580. The Labute approximate surface area is 108 Å². The molecule has 19 heavy (non-hydrogen) atoms. The topological polar surface area (TPSA) is 97.1 Å². The number of benzene rings is 1. The van der Waals surface area contributed by atoms with Crippen LogP contribution in [0.4, 0.5) is 0 Å². The van der Waals surface area contributed by atoms with E-state index in [1.54, 1.807) is 23.1 Å². The quantitative estimate of drug-likeness (QED) is 0.811. The van der Waals surface area contributed by atoms with E-state index in [0.717, 1.165) is 0 Å².